The van der Waals surface area contributed by atoms with E-state index in [2.05, 4.69) is 4.72 Å². The van der Waals surface area contributed by atoms with Crippen molar-refractivity contribution in [3.63, 3.8) is 0 Å². The van der Waals surface area contributed by atoms with Gasteiger partial charge in [0.15, 0.2) is 0 Å². The molecule has 120 valence electrons. The first-order chi connectivity index (χ1) is 9.67. The standard InChI is InChI=1S/C12H18ClNO5S2/c1-3-19-12-5-4-11(8-10(12)9-13)14-21(17,18)7-6-20(2,15)16/h4-5,8,14H,3,6-7,9H2,1-2H3. The minimum absolute atomic E-state index is 0.175. The van der Waals surface area contributed by atoms with E-state index in [-0.39, 0.29) is 5.88 Å². The highest BCUT2D eigenvalue weighted by Gasteiger charge is 2.15. The second-order valence-corrected chi connectivity index (χ2v) is 8.81. The van der Waals surface area contributed by atoms with E-state index in [0.717, 1.165) is 6.26 Å². The number of halogens is 1. The van der Waals surface area contributed by atoms with Crippen LogP contribution in [-0.2, 0) is 25.7 Å². The van der Waals surface area contributed by atoms with Crippen molar-refractivity contribution in [2.45, 2.75) is 12.8 Å². The van der Waals surface area contributed by atoms with Gasteiger partial charge in [0, 0.05) is 17.5 Å². The average Bonchev–Trinajstić information content (AvgIpc) is 2.37. The van der Waals surface area contributed by atoms with E-state index in [1.807, 2.05) is 6.92 Å². The van der Waals surface area contributed by atoms with E-state index in [9.17, 15) is 16.8 Å². The number of ether oxygens (including phenoxy) is 1. The lowest BCUT2D eigenvalue weighted by Gasteiger charge is -2.12. The van der Waals surface area contributed by atoms with Crippen molar-refractivity contribution < 1.29 is 21.6 Å². The number of sulfonamides is 1. The minimum atomic E-state index is -3.73. The van der Waals surface area contributed by atoms with Gasteiger partial charge in [0.25, 0.3) is 0 Å². The number of hydrogen-bond acceptors (Lipinski definition) is 5. The molecule has 0 aliphatic rings. The van der Waals surface area contributed by atoms with Crippen LogP contribution >= 0.6 is 11.6 Å². The van der Waals surface area contributed by atoms with Gasteiger partial charge < -0.3 is 4.74 Å². The molecule has 1 rings (SSSR count). The molecule has 0 saturated carbocycles. The summed E-state index contributed by atoms with van der Waals surface area (Å²) in [6.07, 6.45) is 0.991. The van der Waals surface area contributed by atoms with Crippen molar-refractivity contribution >= 4 is 37.1 Å². The SMILES string of the molecule is CCOc1ccc(NS(=O)(=O)CCS(C)(=O)=O)cc1CCl. The molecule has 1 N–H and O–H groups in total. The van der Waals surface area contributed by atoms with Crippen LogP contribution in [0.1, 0.15) is 12.5 Å². The summed E-state index contributed by atoms with van der Waals surface area (Å²) in [6.45, 7) is 2.31. The third kappa shape index (κ3) is 6.54. The second-order valence-electron chi connectivity index (χ2n) is 4.44. The fourth-order valence-corrected chi connectivity index (χ4v) is 4.42. The van der Waals surface area contributed by atoms with Crippen molar-refractivity contribution in [3.05, 3.63) is 23.8 Å². The summed E-state index contributed by atoms with van der Waals surface area (Å²) in [5.74, 6) is -0.155. The van der Waals surface area contributed by atoms with Gasteiger partial charge in [-0.15, -0.1) is 11.6 Å². The van der Waals surface area contributed by atoms with E-state index in [1.165, 1.54) is 0 Å². The van der Waals surface area contributed by atoms with E-state index in [0.29, 0.717) is 23.6 Å². The van der Waals surface area contributed by atoms with E-state index >= 15 is 0 Å². The zero-order valence-electron chi connectivity index (χ0n) is 11.8. The van der Waals surface area contributed by atoms with Crippen molar-refractivity contribution in [1.29, 1.82) is 0 Å². The lowest BCUT2D eigenvalue weighted by Crippen LogP contribution is -2.22. The number of benzene rings is 1. The van der Waals surface area contributed by atoms with Crippen LogP contribution in [0.3, 0.4) is 0 Å². The van der Waals surface area contributed by atoms with Gasteiger partial charge in [0.05, 0.1) is 24.0 Å². The van der Waals surface area contributed by atoms with Gasteiger partial charge in [-0.3, -0.25) is 4.72 Å². The molecule has 0 fully saturated rings. The Labute approximate surface area is 130 Å². The van der Waals surface area contributed by atoms with Gasteiger partial charge in [0.1, 0.15) is 15.6 Å². The molecular formula is C12H18ClNO5S2. The Hall–Kier alpha value is -0.990. The maximum absolute atomic E-state index is 11.8. The quantitative estimate of drug-likeness (QED) is 0.715. The normalized spacial score (nSPS) is 12.1. The Balaban J connectivity index is 2.87. The lowest BCUT2D eigenvalue weighted by molar-refractivity contribution is 0.337. The van der Waals surface area contributed by atoms with Crippen LogP contribution in [0.15, 0.2) is 18.2 Å². The van der Waals surface area contributed by atoms with Gasteiger partial charge in [-0.2, -0.15) is 0 Å². The predicted molar refractivity (Wildman–Crippen MR) is 84.3 cm³/mol. The Bertz CT molecular complexity index is 686. The van der Waals surface area contributed by atoms with Crippen LogP contribution in [-0.4, -0.2) is 41.2 Å². The molecule has 6 nitrogen and oxygen atoms in total. The van der Waals surface area contributed by atoms with Crippen LogP contribution < -0.4 is 9.46 Å². The Morgan fingerprint density at radius 1 is 1.19 bits per heavy atom. The molecule has 0 atom stereocenters. The van der Waals surface area contributed by atoms with E-state index in [4.69, 9.17) is 16.3 Å². The number of nitrogens with one attached hydrogen (secondary N) is 1. The molecule has 0 aliphatic heterocycles. The summed E-state index contributed by atoms with van der Waals surface area (Å²) < 4.78 is 53.4. The van der Waals surface area contributed by atoms with Crippen molar-refractivity contribution in [1.82, 2.24) is 0 Å². The molecular weight excluding hydrogens is 338 g/mol. The molecule has 0 aliphatic carbocycles. The van der Waals surface area contributed by atoms with Gasteiger partial charge >= 0.3 is 0 Å². The number of rotatable bonds is 8. The Morgan fingerprint density at radius 3 is 2.38 bits per heavy atom. The van der Waals surface area contributed by atoms with Gasteiger partial charge in [-0.1, -0.05) is 0 Å². The average molecular weight is 356 g/mol. The molecule has 1 aromatic rings. The number of sulfone groups is 1. The monoisotopic (exact) mass is 355 g/mol. The first kappa shape index (κ1) is 18.1. The van der Waals surface area contributed by atoms with Gasteiger partial charge in [0.2, 0.25) is 10.0 Å². The Morgan fingerprint density at radius 2 is 1.86 bits per heavy atom. The molecule has 0 unspecified atom stereocenters. The van der Waals surface area contributed by atoms with E-state index < -0.39 is 31.4 Å². The summed E-state index contributed by atoms with van der Waals surface area (Å²) in [7, 11) is -7.07. The maximum atomic E-state index is 11.8. The van der Waals surface area contributed by atoms with Crippen LogP contribution in [0.5, 0.6) is 5.75 Å². The predicted octanol–water partition coefficient (Wildman–Crippen LogP) is 1.61. The molecule has 0 saturated heterocycles. The molecule has 1 aromatic carbocycles. The van der Waals surface area contributed by atoms with Crippen LogP contribution in [0.4, 0.5) is 5.69 Å². The summed E-state index contributed by atoms with van der Waals surface area (Å²) in [5.41, 5.74) is 0.976. The fraction of sp³-hybridized carbons (Fsp3) is 0.500. The number of alkyl halides is 1. The molecule has 0 radical (unpaired) electrons. The largest absolute Gasteiger partial charge is 0.494 e. The van der Waals surface area contributed by atoms with Crippen LogP contribution in [0.2, 0.25) is 0 Å². The zero-order chi connectivity index (χ0) is 16.1. The molecule has 0 bridgehead atoms. The smallest absolute Gasteiger partial charge is 0.233 e. The molecule has 0 amide bonds. The first-order valence-corrected chi connectivity index (χ1v) is 10.4. The fourth-order valence-electron chi connectivity index (χ4n) is 1.54. The van der Waals surface area contributed by atoms with Crippen molar-refractivity contribution in [2.24, 2.45) is 0 Å². The number of anilines is 1. The maximum Gasteiger partial charge on any atom is 0.233 e. The van der Waals surface area contributed by atoms with Crippen LogP contribution in [0.25, 0.3) is 0 Å². The van der Waals surface area contributed by atoms with E-state index in [1.54, 1.807) is 18.2 Å². The third-order valence-corrected chi connectivity index (χ3v) is 5.28. The minimum Gasteiger partial charge on any atom is -0.494 e. The molecule has 0 spiro atoms. The molecule has 9 heteroatoms. The molecule has 21 heavy (non-hydrogen) atoms. The number of hydrogen-bond donors (Lipinski definition) is 1. The lowest BCUT2D eigenvalue weighted by atomic mass is 10.2. The summed E-state index contributed by atoms with van der Waals surface area (Å²) in [6, 6.07) is 4.73. The first-order valence-electron chi connectivity index (χ1n) is 6.17. The summed E-state index contributed by atoms with van der Waals surface area (Å²) in [5, 5.41) is 0. The van der Waals surface area contributed by atoms with Gasteiger partial charge in [-0.25, -0.2) is 16.8 Å². The van der Waals surface area contributed by atoms with Crippen molar-refractivity contribution in [3.8, 4) is 5.75 Å². The van der Waals surface area contributed by atoms with Gasteiger partial charge in [-0.05, 0) is 25.1 Å². The summed E-state index contributed by atoms with van der Waals surface area (Å²) in [4.78, 5) is 0. The highest BCUT2D eigenvalue weighted by Crippen LogP contribution is 2.25. The molecule has 0 heterocycles. The highest BCUT2D eigenvalue weighted by atomic mass is 35.5. The van der Waals surface area contributed by atoms with Crippen molar-refractivity contribution in [2.75, 3.05) is 29.1 Å². The topological polar surface area (TPSA) is 89.5 Å². The third-order valence-electron chi connectivity index (χ3n) is 2.50. The molecule has 0 aromatic heterocycles. The Kier molecular flexibility index (Phi) is 6.30. The second kappa shape index (κ2) is 7.33. The summed E-state index contributed by atoms with van der Waals surface area (Å²) >= 11 is 5.80. The zero-order valence-corrected chi connectivity index (χ0v) is 14.2. The highest BCUT2D eigenvalue weighted by molar-refractivity contribution is 7.95. The van der Waals surface area contributed by atoms with Crippen LogP contribution in [0, 0.1) is 0 Å².